The summed E-state index contributed by atoms with van der Waals surface area (Å²) in [4.78, 5) is 11.7. The molecule has 8 heteroatoms. The van der Waals surface area contributed by atoms with Crippen LogP contribution in [0.5, 0.6) is 0 Å². The van der Waals surface area contributed by atoms with Gasteiger partial charge in [0, 0.05) is 17.5 Å². The highest BCUT2D eigenvalue weighted by molar-refractivity contribution is 7.89. The summed E-state index contributed by atoms with van der Waals surface area (Å²) < 4.78 is 30.0. The van der Waals surface area contributed by atoms with Gasteiger partial charge in [-0.25, -0.2) is 8.42 Å². The summed E-state index contributed by atoms with van der Waals surface area (Å²) >= 11 is 5.83. The summed E-state index contributed by atoms with van der Waals surface area (Å²) in [6, 6.07) is 8.49. The zero-order valence-electron chi connectivity index (χ0n) is 11.0. The maximum Gasteiger partial charge on any atom is 0.240 e. The quantitative estimate of drug-likeness (QED) is 0.874. The Kier molecular flexibility index (Phi) is 4.98. The summed E-state index contributed by atoms with van der Waals surface area (Å²) in [6.45, 7) is 0. The number of sulfonamides is 1. The molecule has 0 spiro atoms. The highest BCUT2D eigenvalue weighted by atomic mass is 35.5. The van der Waals surface area contributed by atoms with E-state index in [9.17, 15) is 13.2 Å². The van der Waals surface area contributed by atoms with Gasteiger partial charge in [-0.15, -0.1) is 0 Å². The van der Waals surface area contributed by atoms with Gasteiger partial charge >= 0.3 is 0 Å². The number of carbonyl (C=O) groups excluding carboxylic acids is 1. The second kappa shape index (κ2) is 6.73. The predicted octanol–water partition coefficient (Wildman–Crippen LogP) is 1.91. The molecule has 0 aliphatic heterocycles. The normalized spacial score (nSPS) is 11.3. The van der Waals surface area contributed by atoms with E-state index in [2.05, 4.69) is 9.68 Å². The molecule has 0 aliphatic carbocycles. The average Bonchev–Trinajstić information content (AvgIpc) is 2.88. The number of halogens is 1. The van der Waals surface area contributed by atoms with Crippen molar-refractivity contribution >= 4 is 27.5 Å². The number of hydrogen-bond acceptors (Lipinski definition) is 5. The molecule has 0 bridgehead atoms. The molecule has 0 radical (unpaired) electrons. The van der Waals surface area contributed by atoms with Crippen LogP contribution in [0.15, 0.2) is 41.1 Å². The Labute approximate surface area is 127 Å². The maximum absolute atomic E-state index is 11.7. The van der Waals surface area contributed by atoms with E-state index < -0.39 is 21.7 Å². The van der Waals surface area contributed by atoms with Crippen molar-refractivity contribution in [3.05, 3.63) is 52.9 Å². The molecule has 0 unspecified atom stereocenters. The molecule has 0 atom stereocenters. The van der Waals surface area contributed by atoms with Crippen molar-refractivity contribution in [2.45, 2.75) is 18.6 Å². The van der Waals surface area contributed by atoms with Crippen molar-refractivity contribution < 1.29 is 17.7 Å². The third kappa shape index (κ3) is 5.20. The number of aromatic nitrogens is 1. The zero-order chi connectivity index (χ0) is 15.3. The molecule has 0 fully saturated rings. The molecule has 1 aromatic heterocycles. The van der Waals surface area contributed by atoms with Crippen LogP contribution in [-0.4, -0.2) is 19.5 Å². The lowest BCUT2D eigenvalue weighted by Crippen LogP contribution is -2.31. The standard InChI is InChI=1S/C13H13ClN2O4S/c14-11-3-1-2-10(8-11)4-5-13(17)16-21(18,19)9-12-6-7-20-15-12/h1-3,6-8H,4-5,9H2,(H,16,17). The minimum Gasteiger partial charge on any atom is -0.364 e. The number of nitrogens with zero attached hydrogens (tertiary/aromatic N) is 1. The maximum atomic E-state index is 11.7. The smallest absolute Gasteiger partial charge is 0.240 e. The molecule has 1 aromatic carbocycles. The van der Waals surface area contributed by atoms with E-state index in [0.29, 0.717) is 11.4 Å². The van der Waals surface area contributed by atoms with Gasteiger partial charge in [0.05, 0.1) is 0 Å². The van der Waals surface area contributed by atoms with Crippen LogP contribution in [0.4, 0.5) is 0 Å². The van der Waals surface area contributed by atoms with Crippen molar-refractivity contribution in [2.75, 3.05) is 0 Å². The number of aryl methyl sites for hydroxylation is 1. The third-order valence-electron chi connectivity index (χ3n) is 2.63. The molecular weight excluding hydrogens is 316 g/mol. The van der Waals surface area contributed by atoms with Gasteiger partial charge in [-0.2, -0.15) is 0 Å². The van der Waals surface area contributed by atoms with Crippen molar-refractivity contribution in [3.8, 4) is 0 Å². The lowest BCUT2D eigenvalue weighted by molar-refractivity contribution is -0.119. The van der Waals surface area contributed by atoms with Crippen molar-refractivity contribution in [1.29, 1.82) is 0 Å². The summed E-state index contributed by atoms with van der Waals surface area (Å²) in [5, 5.41) is 4.07. The first kappa shape index (κ1) is 15.5. The van der Waals surface area contributed by atoms with Gasteiger partial charge in [0.1, 0.15) is 17.7 Å². The Bertz CT molecular complexity index is 714. The molecule has 1 N–H and O–H groups in total. The molecule has 1 heterocycles. The average molecular weight is 329 g/mol. The van der Waals surface area contributed by atoms with E-state index in [4.69, 9.17) is 11.6 Å². The van der Waals surface area contributed by atoms with Crippen LogP contribution in [0, 0.1) is 0 Å². The van der Waals surface area contributed by atoms with Crippen LogP contribution in [0.3, 0.4) is 0 Å². The Morgan fingerprint density at radius 3 is 2.81 bits per heavy atom. The Morgan fingerprint density at radius 1 is 1.33 bits per heavy atom. The number of carbonyl (C=O) groups is 1. The first-order valence-corrected chi connectivity index (χ1v) is 8.15. The molecule has 2 aromatic rings. The minimum absolute atomic E-state index is 0.0540. The Hall–Kier alpha value is -1.86. The Morgan fingerprint density at radius 2 is 2.14 bits per heavy atom. The van der Waals surface area contributed by atoms with Crippen molar-refractivity contribution in [3.63, 3.8) is 0 Å². The van der Waals surface area contributed by atoms with Crippen molar-refractivity contribution in [1.82, 2.24) is 9.88 Å². The molecule has 6 nitrogen and oxygen atoms in total. The van der Waals surface area contributed by atoms with Crippen molar-refractivity contribution in [2.24, 2.45) is 0 Å². The number of nitrogens with one attached hydrogen (secondary N) is 1. The number of benzene rings is 1. The highest BCUT2D eigenvalue weighted by Gasteiger charge is 2.17. The van der Waals surface area contributed by atoms with Crippen LogP contribution in [0.2, 0.25) is 5.02 Å². The van der Waals surface area contributed by atoms with E-state index in [-0.39, 0.29) is 12.1 Å². The number of rotatable bonds is 6. The largest absolute Gasteiger partial charge is 0.364 e. The molecule has 21 heavy (non-hydrogen) atoms. The first-order chi connectivity index (χ1) is 9.94. The van der Waals surface area contributed by atoms with Crippen LogP contribution in [0.25, 0.3) is 0 Å². The molecule has 1 amide bonds. The molecule has 112 valence electrons. The number of hydrogen-bond donors (Lipinski definition) is 1. The monoisotopic (exact) mass is 328 g/mol. The van der Waals surface area contributed by atoms with Gasteiger partial charge in [-0.1, -0.05) is 28.9 Å². The zero-order valence-corrected chi connectivity index (χ0v) is 12.5. The molecule has 2 rings (SSSR count). The first-order valence-electron chi connectivity index (χ1n) is 6.12. The summed E-state index contributed by atoms with van der Waals surface area (Å²) in [5.41, 5.74) is 1.11. The summed E-state index contributed by atoms with van der Waals surface area (Å²) in [6.07, 6.45) is 1.73. The van der Waals surface area contributed by atoms with E-state index in [1.54, 1.807) is 18.2 Å². The van der Waals surface area contributed by atoms with Gasteiger partial charge in [0.25, 0.3) is 0 Å². The fraction of sp³-hybridized carbons (Fsp3) is 0.231. The number of amides is 1. The fourth-order valence-electron chi connectivity index (χ4n) is 1.72. The lowest BCUT2D eigenvalue weighted by Gasteiger charge is -2.05. The Balaban J connectivity index is 1.86. The van der Waals surface area contributed by atoms with Gasteiger partial charge in [0.2, 0.25) is 15.9 Å². The van der Waals surface area contributed by atoms with Gasteiger partial charge < -0.3 is 4.52 Å². The van der Waals surface area contributed by atoms with Crippen LogP contribution in [-0.2, 0) is 27.0 Å². The van der Waals surface area contributed by atoms with Gasteiger partial charge in [-0.3, -0.25) is 9.52 Å². The fourth-order valence-corrected chi connectivity index (χ4v) is 2.99. The van der Waals surface area contributed by atoms with E-state index >= 15 is 0 Å². The molecule has 0 saturated heterocycles. The van der Waals surface area contributed by atoms with Gasteiger partial charge in [-0.05, 0) is 24.1 Å². The lowest BCUT2D eigenvalue weighted by atomic mass is 10.1. The van der Waals surface area contributed by atoms with E-state index in [0.717, 1.165) is 5.56 Å². The molecular formula is C13H13ClN2O4S. The highest BCUT2D eigenvalue weighted by Crippen LogP contribution is 2.12. The van der Waals surface area contributed by atoms with E-state index in [1.165, 1.54) is 12.3 Å². The second-order valence-electron chi connectivity index (χ2n) is 4.41. The summed E-state index contributed by atoms with van der Waals surface area (Å²) in [5.74, 6) is -0.967. The van der Waals surface area contributed by atoms with Crippen LogP contribution < -0.4 is 4.72 Å². The van der Waals surface area contributed by atoms with E-state index in [1.807, 2.05) is 10.8 Å². The molecule has 0 aliphatic rings. The van der Waals surface area contributed by atoms with Gasteiger partial charge in [0.15, 0.2) is 0 Å². The molecule has 0 saturated carbocycles. The SMILES string of the molecule is O=C(CCc1cccc(Cl)c1)NS(=O)(=O)Cc1ccon1. The predicted molar refractivity (Wildman–Crippen MR) is 77.0 cm³/mol. The third-order valence-corrected chi connectivity index (χ3v) is 4.08. The van der Waals surface area contributed by atoms with Crippen LogP contribution in [0.1, 0.15) is 17.7 Å². The summed E-state index contributed by atoms with van der Waals surface area (Å²) in [7, 11) is -3.76. The minimum atomic E-state index is -3.76. The van der Waals surface area contributed by atoms with Crippen LogP contribution >= 0.6 is 11.6 Å². The second-order valence-corrected chi connectivity index (χ2v) is 6.56. The topological polar surface area (TPSA) is 89.3 Å².